The van der Waals surface area contributed by atoms with Crippen LogP contribution in [0.4, 0.5) is 0 Å². The molecule has 1 aliphatic carbocycles. The molecule has 0 unspecified atom stereocenters. The number of pyridine rings is 1. The van der Waals surface area contributed by atoms with Gasteiger partial charge in [0.05, 0.1) is 5.39 Å². The molecule has 0 spiro atoms. The van der Waals surface area contributed by atoms with Gasteiger partial charge in [-0.25, -0.2) is 0 Å². The molecule has 1 saturated carbocycles. The Labute approximate surface area is 106 Å². The van der Waals surface area contributed by atoms with Gasteiger partial charge >= 0.3 is 0 Å². The lowest BCUT2D eigenvalue weighted by Crippen LogP contribution is -2.24. The fraction of sp³-hybridized carbons (Fsp3) is 0.417. The number of fused-ring (bicyclic) bond motifs is 1. The lowest BCUT2D eigenvalue weighted by atomic mass is 10.1. The minimum atomic E-state index is 0.158. The van der Waals surface area contributed by atoms with Gasteiger partial charge in [-0.2, -0.15) is 0 Å². The largest absolute Gasteiger partial charge is 0.314 e. The van der Waals surface area contributed by atoms with Crippen LogP contribution in [0.2, 0.25) is 0 Å². The summed E-state index contributed by atoms with van der Waals surface area (Å²) in [6.07, 6.45) is 4.39. The number of thiophene rings is 1. The summed E-state index contributed by atoms with van der Waals surface area (Å²) in [6.45, 7) is 0.850. The summed E-state index contributed by atoms with van der Waals surface area (Å²) in [5.41, 5.74) is 0.499. The molecule has 1 aliphatic rings. The Kier molecular flexibility index (Phi) is 2.44. The van der Waals surface area contributed by atoms with Crippen molar-refractivity contribution in [1.29, 1.82) is 0 Å². The predicted octanol–water partition coefficient (Wildman–Crippen LogP) is 3.24. The molecule has 0 saturated heterocycles. The molecule has 1 fully saturated rings. The van der Waals surface area contributed by atoms with Crippen molar-refractivity contribution >= 4 is 37.4 Å². The van der Waals surface area contributed by atoms with Gasteiger partial charge in [0, 0.05) is 22.8 Å². The van der Waals surface area contributed by atoms with E-state index in [4.69, 9.17) is 0 Å². The van der Waals surface area contributed by atoms with E-state index in [1.807, 2.05) is 28.3 Å². The first-order valence-corrected chi connectivity index (χ1v) is 7.37. The van der Waals surface area contributed by atoms with Gasteiger partial charge in [0.25, 0.3) is 5.56 Å². The van der Waals surface area contributed by atoms with E-state index in [9.17, 15) is 4.79 Å². The first kappa shape index (κ1) is 10.5. The minimum Gasteiger partial charge on any atom is -0.314 e. The van der Waals surface area contributed by atoms with Crippen LogP contribution in [0.1, 0.15) is 12.8 Å². The lowest BCUT2D eigenvalue weighted by Gasteiger charge is -2.13. The molecule has 2 aromatic heterocycles. The van der Waals surface area contributed by atoms with Gasteiger partial charge in [0.15, 0.2) is 0 Å². The molecule has 84 valence electrons. The molecular weight excluding hydrogens is 286 g/mol. The molecule has 0 bridgehead atoms. The second-order valence-corrected chi connectivity index (χ2v) is 6.09. The van der Waals surface area contributed by atoms with E-state index in [0.717, 1.165) is 22.0 Å². The standard InChI is InChI=1S/C12H12BrNOS/c13-7-12(3-4-12)8-14-5-1-10-9(11(14)15)2-6-16-10/h1-2,5-6H,3-4,7-8H2. The average molecular weight is 298 g/mol. The van der Waals surface area contributed by atoms with E-state index < -0.39 is 0 Å². The van der Waals surface area contributed by atoms with Gasteiger partial charge in [-0.15, -0.1) is 11.3 Å². The van der Waals surface area contributed by atoms with Crippen LogP contribution >= 0.6 is 27.3 Å². The fourth-order valence-electron chi connectivity index (χ4n) is 2.00. The van der Waals surface area contributed by atoms with Crippen LogP contribution in [0.3, 0.4) is 0 Å². The van der Waals surface area contributed by atoms with Crippen molar-refractivity contribution in [2.45, 2.75) is 19.4 Å². The van der Waals surface area contributed by atoms with Crippen molar-refractivity contribution in [1.82, 2.24) is 4.57 Å². The zero-order chi connectivity index (χ0) is 11.2. The van der Waals surface area contributed by atoms with Crippen LogP contribution in [0.25, 0.3) is 10.1 Å². The number of hydrogen-bond donors (Lipinski definition) is 0. The van der Waals surface area contributed by atoms with Crippen LogP contribution in [-0.2, 0) is 6.54 Å². The summed E-state index contributed by atoms with van der Waals surface area (Å²) in [6, 6.07) is 3.97. The second-order valence-electron chi connectivity index (χ2n) is 4.58. The van der Waals surface area contributed by atoms with Crippen molar-refractivity contribution in [2.75, 3.05) is 5.33 Å². The molecule has 0 aliphatic heterocycles. The van der Waals surface area contributed by atoms with E-state index in [-0.39, 0.29) is 5.56 Å². The fourth-order valence-corrected chi connectivity index (χ4v) is 3.51. The number of alkyl halides is 1. The molecule has 0 N–H and O–H groups in total. The lowest BCUT2D eigenvalue weighted by molar-refractivity contribution is 0.467. The third-order valence-corrected chi connectivity index (χ3v) is 5.41. The minimum absolute atomic E-state index is 0.158. The highest BCUT2D eigenvalue weighted by atomic mass is 79.9. The summed E-state index contributed by atoms with van der Waals surface area (Å²) < 4.78 is 2.95. The van der Waals surface area contributed by atoms with Gasteiger partial charge in [-0.3, -0.25) is 4.79 Å². The van der Waals surface area contributed by atoms with Crippen LogP contribution in [-0.4, -0.2) is 9.90 Å². The molecule has 2 aromatic rings. The van der Waals surface area contributed by atoms with E-state index >= 15 is 0 Å². The maximum Gasteiger partial charge on any atom is 0.259 e. The number of aromatic nitrogens is 1. The summed E-state index contributed by atoms with van der Waals surface area (Å²) in [5, 5.41) is 3.83. The monoisotopic (exact) mass is 297 g/mol. The highest BCUT2D eigenvalue weighted by Crippen LogP contribution is 2.48. The number of nitrogens with zero attached hydrogens (tertiary/aromatic N) is 1. The average Bonchev–Trinajstić information content (AvgIpc) is 2.90. The molecule has 3 rings (SSSR count). The number of rotatable bonds is 3. The topological polar surface area (TPSA) is 22.0 Å². The predicted molar refractivity (Wildman–Crippen MR) is 71.5 cm³/mol. The van der Waals surface area contributed by atoms with Crippen LogP contribution < -0.4 is 5.56 Å². The van der Waals surface area contributed by atoms with Crippen LogP contribution in [0.15, 0.2) is 28.5 Å². The molecule has 0 aromatic carbocycles. The van der Waals surface area contributed by atoms with E-state index in [1.54, 1.807) is 11.3 Å². The third-order valence-electron chi connectivity index (χ3n) is 3.34. The van der Waals surface area contributed by atoms with Crippen LogP contribution in [0, 0.1) is 5.41 Å². The summed E-state index contributed by atoms with van der Waals surface area (Å²) in [4.78, 5) is 12.2. The molecular formula is C12H12BrNOS. The Bertz CT molecular complexity index is 582. The van der Waals surface area contributed by atoms with E-state index in [0.29, 0.717) is 5.41 Å². The van der Waals surface area contributed by atoms with E-state index in [1.165, 1.54) is 12.8 Å². The molecule has 2 nitrogen and oxygen atoms in total. The Hall–Kier alpha value is -0.610. The Morgan fingerprint density at radius 1 is 1.44 bits per heavy atom. The zero-order valence-electron chi connectivity index (χ0n) is 8.78. The summed E-state index contributed by atoms with van der Waals surface area (Å²) in [7, 11) is 0. The van der Waals surface area contributed by atoms with Crippen molar-refractivity contribution in [3.8, 4) is 0 Å². The highest BCUT2D eigenvalue weighted by Gasteiger charge is 2.41. The van der Waals surface area contributed by atoms with Crippen molar-refractivity contribution < 1.29 is 0 Å². The molecule has 2 heterocycles. The van der Waals surface area contributed by atoms with Gasteiger partial charge in [-0.05, 0) is 35.8 Å². The summed E-state index contributed by atoms with van der Waals surface area (Å²) in [5.74, 6) is 0. The Morgan fingerprint density at radius 3 is 2.94 bits per heavy atom. The second kappa shape index (κ2) is 3.70. The molecule has 16 heavy (non-hydrogen) atoms. The summed E-state index contributed by atoms with van der Waals surface area (Å²) >= 11 is 5.17. The molecule has 0 radical (unpaired) electrons. The van der Waals surface area contributed by atoms with Crippen LogP contribution in [0.5, 0.6) is 0 Å². The maximum absolute atomic E-state index is 12.2. The third kappa shape index (κ3) is 1.64. The Morgan fingerprint density at radius 2 is 2.25 bits per heavy atom. The van der Waals surface area contributed by atoms with Gasteiger partial charge in [0.2, 0.25) is 0 Å². The first-order chi connectivity index (χ1) is 7.74. The molecule has 4 heteroatoms. The zero-order valence-corrected chi connectivity index (χ0v) is 11.2. The first-order valence-electron chi connectivity index (χ1n) is 5.37. The van der Waals surface area contributed by atoms with Gasteiger partial charge in [-0.1, -0.05) is 15.9 Å². The SMILES string of the molecule is O=c1c2ccsc2ccn1CC1(CBr)CC1. The number of hydrogen-bond acceptors (Lipinski definition) is 2. The highest BCUT2D eigenvalue weighted by molar-refractivity contribution is 9.09. The smallest absolute Gasteiger partial charge is 0.259 e. The maximum atomic E-state index is 12.2. The van der Waals surface area contributed by atoms with Gasteiger partial charge < -0.3 is 4.57 Å². The Balaban J connectivity index is 2.04. The quantitative estimate of drug-likeness (QED) is 0.797. The number of halogens is 1. The van der Waals surface area contributed by atoms with E-state index in [2.05, 4.69) is 15.9 Å². The van der Waals surface area contributed by atoms with Crippen molar-refractivity contribution in [3.63, 3.8) is 0 Å². The molecule has 0 amide bonds. The van der Waals surface area contributed by atoms with Gasteiger partial charge in [0.1, 0.15) is 0 Å². The normalized spacial score (nSPS) is 17.8. The van der Waals surface area contributed by atoms with Crippen molar-refractivity contribution in [2.24, 2.45) is 5.41 Å². The molecule has 0 atom stereocenters. The van der Waals surface area contributed by atoms with Crippen molar-refractivity contribution in [3.05, 3.63) is 34.1 Å².